The van der Waals surface area contributed by atoms with Crippen molar-refractivity contribution in [3.8, 4) is 28.3 Å². The zero-order valence-electron chi connectivity index (χ0n) is 19.0. The molecule has 178 valence electrons. The second-order valence-corrected chi connectivity index (χ2v) is 8.18. The molecule has 0 atom stereocenters. The van der Waals surface area contributed by atoms with Crippen molar-refractivity contribution in [1.82, 2.24) is 14.8 Å². The first-order chi connectivity index (χ1) is 16.8. The van der Waals surface area contributed by atoms with Gasteiger partial charge < -0.3 is 14.2 Å². The third-order valence-corrected chi connectivity index (χ3v) is 5.98. The summed E-state index contributed by atoms with van der Waals surface area (Å²) < 4.78 is 48.4. The van der Waals surface area contributed by atoms with E-state index in [9.17, 15) is 18.0 Å². The quantitative estimate of drug-likeness (QED) is 0.368. The molecular weight excluding hydrogens is 457 g/mol. The number of aromatic nitrogens is 3. The number of hydrogen-bond donors (Lipinski definition) is 0. The molecule has 6 nitrogen and oxygen atoms in total. The molecule has 0 bridgehead atoms. The number of carbonyl (C=O) groups is 1. The fourth-order valence-electron chi connectivity index (χ4n) is 4.41. The van der Waals surface area contributed by atoms with Crippen molar-refractivity contribution in [2.45, 2.75) is 19.6 Å². The van der Waals surface area contributed by atoms with Crippen LogP contribution in [-0.2, 0) is 19.8 Å². The molecule has 0 aliphatic carbocycles. The lowest BCUT2D eigenvalue weighted by atomic mass is 9.98. The number of anilines is 1. The summed E-state index contributed by atoms with van der Waals surface area (Å²) in [5.74, 6) is 0.684. The van der Waals surface area contributed by atoms with Crippen LogP contribution in [0.15, 0.2) is 67.0 Å². The number of hydrogen-bond acceptors (Lipinski definition) is 4. The summed E-state index contributed by atoms with van der Waals surface area (Å²) in [5, 5.41) is 8.18. The summed E-state index contributed by atoms with van der Waals surface area (Å²) in [4.78, 5) is 14.5. The van der Waals surface area contributed by atoms with Gasteiger partial charge in [0.05, 0.1) is 18.7 Å². The second kappa shape index (κ2) is 8.57. The minimum absolute atomic E-state index is 0.0205. The smallest absolute Gasteiger partial charge is 0.416 e. The van der Waals surface area contributed by atoms with Gasteiger partial charge >= 0.3 is 6.18 Å². The number of amides is 1. The summed E-state index contributed by atoms with van der Waals surface area (Å²) >= 11 is 0. The van der Waals surface area contributed by atoms with Gasteiger partial charge in [-0.25, -0.2) is 0 Å². The van der Waals surface area contributed by atoms with Crippen LogP contribution >= 0.6 is 0 Å². The van der Waals surface area contributed by atoms with E-state index >= 15 is 0 Å². The van der Waals surface area contributed by atoms with Crippen LogP contribution in [0.5, 0.6) is 5.75 Å². The van der Waals surface area contributed by atoms with Crippen LogP contribution in [0.25, 0.3) is 22.5 Å². The molecule has 0 unspecified atom stereocenters. The molecule has 4 aromatic rings. The summed E-state index contributed by atoms with van der Waals surface area (Å²) in [6.45, 7) is 2.05. The number of aryl methyl sites for hydroxylation is 1. The van der Waals surface area contributed by atoms with Crippen molar-refractivity contribution in [3.05, 3.63) is 83.7 Å². The summed E-state index contributed by atoms with van der Waals surface area (Å²) in [5.41, 5.74) is 2.08. The Morgan fingerprint density at radius 1 is 1.00 bits per heavy atom. The number of benzene rings is 3. The van der Waals surface area contributed by atoms with Crippen LogP contribution in [0.1, 0.15) is 28.4 Å². The van der Waals surface area contributed by atoms with Crippen molar-refractivity contribution in [2.24, 2.45) is 7.05 Å². The normalized spacial score (nSPS) is 13.3. The lowest BCUT2D eigenvalue weighted by Crippen LogP contribution is -2.23. The Balaban J connectivity index is 1.63. The third-order valence-electron chi connectivity index (χ3n) is 5.98. The zero-order valence-corrected chi connectivity index (χ0v) is 19.0. The van der Waals surface area contributed by atoms with E-state index in [-0.39, 0.29) is 17.7 Å². The number of carbonyl (C=O) groups excluding carboxylic acids is 1. The van der Waals surface area contributed by atoms with Crippen LogP contribution in [0.2, 0.25) is 0 Å². The predicted molar refractivity (Wildman–Crippen MR) is 125 cm³/mol. The fraction of sp³-hybridized carbons (Fsp3) is 0.192. The Hall–Kier alpha value is -4.14. The minimum atomic E-state index is -4.55. The molecule has 1 aromatic heterocycles. The van der Waals surface area contributed by atoms with Crippen molar-refractivity contribution >= 4 is 11.6 Å². The lowest BCUT2D eigenvalue weighted by Gasteiger charge is -2.20. The van der Waals surface area contributed by atoms with Crippen LogP contribution < -0.4 is 9.64 Å². The van der Waals surface area contributed by atoms with Crippen LogP contribution in [0.4, 0.5) is 18.9 Å². The molecule has 3 aromatic carbocycles. The van der Waals surface area contributed by atoms with Crippen molar-refractivity contribution in [1.29, 1.82) is 0 Å². The number of alkyl halides is 3. The molecule has 1 amide bonds. The van der Waals surface area contributed by atoms with Gasteiger partial charge in [0.1, 0.15) is 12.1 Å². The Labute approximate surface area is 199 Å². The van der Waals surface area contributed by atoms with Gasteiger partial charge in [0, 0.05) is 29.9 Å². The number of ether oxygens (including phenoxy) is 1. The van der Waals surface area contributed by atoms with Gasteiger partial charge in [-0.3, -0.25) is 4.79 Å². The van der Waals surface area contributed by atoms with Crippen molar-refractivity contribution < 1.29 is 22.7 Å². The number of halogens is 3. The first kappa shape index (κ1) is 22.6. The maximum atomic E-state index is 13.6. The van der Waals surface area contributed by atoms with E-state index in [1.54, 1.807) is 23.0 Å². The highest BCUT2D eigenvalue weighted by Crippen LogP contribution is 2.41. The largest absolute Gasteiger partial charge is 0.494 e. The highest BCUT2D eigenvalue weighted by Gasteiger charge is 2.39. The second-order valence-electron chi connectivity index (χ2n) is 8.18. The summed E-state index contributed by atoms with van der Waals surface area (Å²) in [6.07, 6.45) is -2.94. The van der Waals surface area contributed by atoms with Gasteiger partial charge in [-0.05, 0) is 47.9 Å². The van der Waals surface area contributed by atoms with Gasteiger partial charge in [0.15, 0.2) is 5.82 Å². The molecule has 35 heavy (non-hydrogen) atoms. The molecule has 0 N–H and O–H groups in total. The topological polar surface area (TPSA) is 60.3 Å². The summed E-state index contributed by atoms with van der Waals surface area (Å²) in [7, 11) is 1.84. The molecule has 0 spiro atoms. The highest BCUT2D eigenvalue weighted by molar-refractivity contribution is 6.10. The number of fused-ring (bicyclic) bond motifs is 1. The summed E-state index contributed by atoms with van der Waals surface area (Å²) in [6, 6.07) is 16.6. The van der Waals surface area contributed by atoms with E-state index in [2.05, 4.69) is 10.2 Å². The van der Waals surface area contributed by atoms with Gasteiger partial charge in [0.25, 0.3) is 5.91 Å². The molecule has 2 heterocycles. The van der Waals surface area contributed by atoms with Gasteiger partial charge in [0.2, 0.25) is 0 Å². The monoisotopic (exact) mass is 478 g/mol. The van der Waals surface area contributed by atoms with Gasteiger partial charge in [-0.15, -0.1) is 10.2 Å². The molecule has 5 rings (SSSR count). The average Bonchev–Trinajstić information content (AvgIpc) is 3.41. The fourth-order valence-corrected chi connectivity index (χ4v) is 4.41. The molecule has 0 saturated carbocycles. The Bertz CT molecular complexity index is 1430. The van der Waals surface area contributed by atoms with E-state index in [1.807, 2.05) is 44.3 Å². The van der Waals surface area contributed by atoms with Crippen LogP contribution in [0, 0.1) is 0 Å². The standard InChI is InChI=1S/C26H21F3N4O2/c1-3-35-18-12-16(19-7-4-5-8-20(19)24-31-30-15-32(24)2)11-17(13-18)33-14-22-21(25(33)34)9-6-10-23(22)26(27,28)29/h4-13,15H,3,14H2,1-2H3. The van der Waals surface area contributed by atoms with Crippen molar-refractivity contribution in [3.63, 3.8) is 0 Å². The first-order valence-corrected chi connectivity index (χ1v) is 11.0. The molecule has 0 fully saturated rings. The van der Waals surface area contributed by atoms with Gasteiger partial charge in [-0.1, -0.05) is 30.3 Å². The van der Waals surface area contributed by atoms with Crippen molar-refractivity contribution in [2.75, 3.05) is 11.5 Å². The molecule has 9 heteroatoms. The van der Waals surface area contributed by atoms with Crippen LogP contribution in [0.3, 0.4) is 0 Å². The average molecular weight is 478 g/mol. The Kier molecular flexibility index (Phi) is 5.55. The van der Waals surface area contributed by atoms with E-state index in [0.717, 1.165) is 22.8 Å². The van der Waals surface area contributed by atoms with E-state index in [1.165, 1.54) is 17.0 Å². The first-order valence-electron chi connectivity index (χ1n) is 11.0. The van der Waals surface area contributed by atoms with Gasteiger partial charge in [-0.2, -0.15) is 13.2 Å². The molecular formula is C26H21F3N4O2. The maximum Gasteiger partial charge on any atom is 0.416 e. The number of nitrogens with zero attached hydrogens (tertiary/aromatic N) is 4. The third kappa shape index (κ3) is 4.03. The molecule has 1 aliphatic heterocycles. The zero-order chi connectivity index (χ0) is 24.7. The minimum Gasteiger partial charge on any atom is -0.494 e. The SMILES string of the molecule is CCOc1cc(-c2ccccc2-c2nncn2C)cc(N2Cc3c(cccc3C(F)(F)F)C2=O)c1. The molecule has 0 radical (unpaired) electrons. The highest BCUT2D eigenvalue weighted by atomic mass is 19.4. The molecule has 1 aliphatic rings. The molecule has 0 saturated heterocycles. The number of rotatable bonds is 5. The lowest BCUT2D eigenvalue weighted by molar-refractivity contribution is -0.138. The Morgan fingerprint density at radius 2 is 1.74 bits per heavy atom. The van der Waals surface area contributed by atoms with Crippen LogP contribution in [-0.4, -0.2) is 27.3 Å². The van der Waals surface area contributed by atoms with E-state index in [0.29, 0.717) is 23.9 Å². The van der Waals surface area contributed by atoms with E-state index in [4.69, 9.17) is 4.74 Å². The predicted octanol–water partition coefficient (Wildman–Crippen LogP) is 5.73. The van der Waals surface area contributed by atoms with E-state index < -0.39 is 17.6 Å². The Morgan fingerprint density at radius 3 is 2.43 bits per heavy atom. The maximum absolute atomic E-state index is 13.6.